The van der Waals surface area contributed by atoms with Crippen molar-refractivity contribution in [3.63, 3.8) is 0 Å². The number of nitrogens with two attached hydrogens (primary N) is 1. The molecule has 0 heterocycles. The second kappa shape index (κ2) is 5.90. The average molecular weight is 283 g/mol. The van der Waals surface area contributed by atoms with E-state index in [1.165, 1.54) is 0 Å². The van der Waals surface area contributed by atoms with Gasteiger partial charge in [0.15, 0.2) is 0 Å². The first-order valence-electron chi connectivity index (χ1n) is 6.64. The Kier molecular flexibility index (Phi) is 4.44. The molecule has 2 rings (SSSR count). The minimum atomic E-state index is -3.39. The van der Waals surface area contributed by atoms with Crippen LogP contribution in [0.5, 0.6) is 0 Å². The lowest BCUT2D eigenvalue weighted by Gasteiger charge is -2.22. The van der Waals surface area contributed by atoms with Crippen LogP contribution in [0.15, 0.2) is 24.3 Å². The minimum Gasteiger partial charge on any atom is -0.399 e. The zero-order chi connectivity index (χ0) is 13.9. The Hall–Kier alpha value is -1.11. The molecule has 1 fully saturated rings. The molecule has 3 N–H and O–H groups in total. The molecule has 5 nitrogen and oxygen atoms in total. The largest absolute Gasteiger partial charge is 0.399 e. The number of nitrogens with one attached hydrogen (secondary N) is 1. The van der Waals surface area contributed by atoms with Crippen LogP contribution in [-0.2, 0) is 16.8 Å². The Morgan fingerprint density at radius 2 is 2.16 bits per heavy atom. The molecule has 0 aliphatic heterocycles. The molecule has 1 saturated carbocycles. The fourth-order valence-corrected chi connectivity index (χ4v) is 3.51. The predicted octanol–water partition coefficient (Wildman–Crippen LogP) is 1.48. The van der Waals surface area contributed by atoms with Crippen LogP contribution in [0.25, 0.3) is 0 Å². The van der Waals surface area contributed by atoms with Crippen LogP contribution in [0.4, 0.5) is 5.69 Å². The summed E-state index contributed by atoms with van der Waals surface area (Å²) in [6, 6.07) is 7.51. The van der Waals surface area contributed by atoms with Crippen molar-refractivity contribution in [2.75, 3.05) is 12.3 Å². The quantitative estimate of drug-likeness (QED) is 0.744. The highest BCUT2D eigenvalue weighted by Crippen LogP contribution is 2.30. The number of nitrogen functional groups attached to an aromatic ring is 1. The van der Waals surface area contributed by atoms with E-state index in [1.807, 2.05) is 25.1 Å². The summed E-state index contributed by atoms with van der Waals surface area (Å²) >= 11 is 0. The van der Waals surface area contributed by atoms with Crippen LogP contribution >= 0.6 is 0 Å². The molecule has 0 aromatic heterocycles. The Morgan fingerprint density at radius 1 is 1.42 bits per heavy atom. The number of hydrogen-bond acceptors (Lipinski definition) is 3. The van der Waals surface area contributed by atoms with Gasteiger partial charge in [-0.05, 0) is 37.0 Å². The minimum absolute atomic E-state index is 0.135. The van der Waals surface area contributed by atoms with E-state index in [2.05, 4.69) is 4.72 Å². The van der Waals surface area contributed by atoms with Crippen molar-refractivity contribution < 1.29 is 8.42 Å². The number of nitrogens with zero attached hydrogens (tertiary/aromatic N) is 1. The van der Waals surface area contributed by atoms with Gasteiger partial charge in [-0.25, -0.2) is 4.72 Å². The maximum atomic E-state index is 12.2. The molecule has 1 aliphatic carbocycles. The van der Waals surface area contributed by atoms with Crippen LogP contribution in [-0.4, -0.2) is 25.3 Å². The Bertz CT molecular complexity index is 526. The van der Waals surface area contributed by atoms with Crippen molar-refractivity contribution in [2.24, 2.45) is 0 Å². The van der Waals surface area contributed by atoms with Crippen LogP contribution in [0.2, 0.25) is 0 Å². The highest BCUT2D eigenvalue weighted by molar-refractivity contribution is 7.87. The molecular formula is C13H21N3O2S. The third-order valence-corrected chi connectivity index (χ3v) is 4.70. The number of anilines is 1. The van der Waals surface area contributed by atoms with Gasteiger partial charge in [0.25, 0.3) is 10.2 Å². The van der Waals surface area contributed by atoms with Gasteiger partial charge in [-0.2, -0.15) is 12.7 Å². The van der Waals surface area contributed by atoms with Crippen molar-refractivity contribution in [1.29, 1.82) is 0 Å². The monoisotopic (exact) mass is 283 g/mol. The van der Waals surface area contributed by atoms with Gasteiger partial charge in [-0.15, -0.1) is 0 Å². The number of rotatable bonds is 7. The zero-order valence-electron chi connectivity index (χ0n) is 11.2. The number of benzene rings is 1. The summed E-state index contributed by atoms with van der Waals surface area (Å²) in [7, 11) is -3.39. The fourth-order valence-electron chi connectivity index (χ4n) is 1.96. The SMILES string of the molecule is CCCNS(=O)(=O)N(Cc1cccc(N)c1)C1CC1. The lowest BCUT2D eigenvalue weighted by Crippen LogP contribution is -2.41. The topological polar surface area (TPSA) is 75.4 Å². The van der Waals surface area contributed by atoms with E-state index in [0.717, 1.165) is 24.8 Å². The number of hydrogen-bond donors (Lipinski definition) is 2. The van der Waals surface area contributed by atoms with E-state index in [9.17, 15) is 8.42 Å². The summed E-state index contributed by atoms with van der Waals surface area (Å²) in [4.78, 5) is 0. The molecule has 106 valence electrons. The molecule has 0 unspecified atom stereocenters. The van der Waals surface area contributed by atoms with Crippen LogP contribution in [0.3, 0.4) is 0 Å². The summed E-state index contributed by atoms with van der Waals surface area (Å²) in [5, 5.41) is 0. The lowest BCUT2D eigenvalue weighted by molar-refractivity contribution is 0.390. The van der Waals surface area contributed by atoms with Gasteiger partial charge in [-0.3, -0.25) is 0 Å². The molecule has 6 heteroatoms. The normalized spacial score (nSPS) is 15.9. The lowest BCUT2D eigenvalue weighted by atomic mass is 10.2. The Morgan fingerprint density at radius 3 is 2.74 bits per heavy atom. The first-order valence-corrected chi connectivity index (χ1v) is 8.08. The van der Waals surface area contributed by atoms with Crippen molar-refractivity contribution in [2.45, 2.75) is 38.8 Å². The molecule has 0 atom stereocenters. The summed E-state index contributed by atoms with van der Waals surface area (Å²) in [6.45, 7) is 2.80. The van der Waals surface area contributed by atoms with Crippen molar-refractivity contribution in [3.05, 3.63) is 29.8 Å². The molecule has 0 spiro atoms. The average Bonchev–Trinajstić information content (AvgIpc) is 3.18. The zero-order valence-corrected chi connectivity index (χ0v) is 12.0. The maximum Gasteiger partial charge on any atom is 0.280 e. The van der Waals surface area contributed by atoms with E-state index in [-0.39, 0.29) is 6.04 Å². The summed E-state index contributed by atoms with van der Waals surface area (Å²) in [5.41, 5.74) is 7.32. The van der Waals surface area contributed by atoms with E-state index >= 15 is 0 Å². The van der Waals surface area contributed by atoms with Gasteiger partial charge in [0.05, 0.1) is 0 Å². The highest BCUT2D eigenvalue weighted by atomic mass is 32.2. The maximum absolute atomic E-state index is 12.2. The molecule has 0 amide bonds. The molecular weight excluding hydrogens is 262 g/mol. The van der Waals surface area contributed by atoms with Gasteiger partial charge in [0.2, 0.25) is 0 Å². The van der Waals surface area contributed by atoms with Gasteiger partial charge in [0, 0.05) is 24.8 Å². The van der Waals surface area contributed by atoms with Gasteiger partial charge in [-0.1, -0.05) is 19.1 Å². The van der Waals surface area contributed by atoms with E-state index in [4.69, 9.17) is 5.73 Å². The molecule has 1 aromatic carbocycles. The molecule has 1 aliphatic rings. The summed E-state index contributed by atoms with van der Waals surface area (Å²) < 4.78 is 28.7. The molecule has 0 radical (unpaired) electrons. The smallest absolute Gasteiger partial charge is 0.280 e. The van der Waals surface area contributed by atoms with Gasteiger partial charge in [0.1, 0.15) is 0 Å². The Balaban J connectivity index is 2.12. The second-order valence-corrected chi connectivity index (χ2v) is 6.63. The third-order valence-electron chi connectivity index (χ3n) is 3.09. The Labute approximate surface area is 115 Å². The summed E-state index contributed by atoms with van der Waals surface area (Å²) in [5.74, 6) is 0. The molecule has 0 saturated heterocycles. The van der Waals surface area contributed by atoms with E-state index in [1.54, 1.807) is 10.4 Å². The van der Waals surface area contributed by atoms with Crippen molar-refractivity contribution >= 4 is 15.9 Å². The van der Waals surface area contributed by atoms with Crippen molar-refractivity contribution in [3.8, 4) is 0 Å². The second-order valence-electron chi connectivity index (χ2n) is 4.92. The molecule has 0 bridgehead atoms. The first kappa shape index (κ1) is 14.3. The van der Waals surface area contributed by atoms with Crippen LogP contribution in [0, 0.1) is 0 Å². The standard InChI is InChI=1S/C13H21N3O2S/c1-2-8-15-19(17,18)16(13-6-7-13)10-11-4-3-5-12(14)9-11/h3-5,9,13,15H,2,6-8,10,14H2,1H3. The van der Waals surface area contributed by atoms with Crippen LogP contribution in [0.1, 0.15) is 31.7 Å². The first-order chi connectivity index (χ1) is 9.03. The predicted molar refractivity (Wildman–Crippen MR) is 76.6 cm³/mol. The molecule has 19 heavy (non-hydrogen) atoms. The van der Waals surface area contributed by atoms with Gasteiger partial charge >= 0.3 is 0 Å². The third kappa shape index (κ3) is 3.92. The fraction of sp³-hybridized carbons (Fsp3) is 0.538. The highest BCUT2D eigenvalue weighted by Gasteiger charge is 2.36. The summed E-state index contributed by atoms with van der Waals surface area (Å²) in [6.07, 6.45) is 2.67. The van der Waals surface area contributed by atoms with Gasteiger partial charge < -0.3 is 5.73 Å². The van der Waals surface area contributed by atoms with Crippen molar-refractivity contribution in [1.82, 2.24) is 9.03 Å². The molecule has 1 aromatic rings. The van der Waals surface area contributed by atoms with E-state index < -0.39 is 10.2 Å². The van der Waals surface area contributed by atoms with Crippen LogP contribution < -0.4 is 10.5 Å². The van der Waals surface area contributed by atoms with E-state index in [0.29, 0.717) is 18.8 Å².